The van der Waals surface area contributed by atoms with Crippen LogP contribution in [0.15, 0.2) is 0 Å². The number of hydrogen-bond acceptors (Lipinski definition) is 0. The molecule has 4 heavy (non-hydrogen) atoms. The third-order valence-electron chi connectivity index (χ3n) is 0. The predicted octanol–water partition coefficient (Wildman–Crippen LogP) is -10.4. The monoisotopic (exact) mass is 80.0 g/mol. The van der Waals surface area contributed by atoms with Crippen LogP contribution < -0.4 is 50.1 Å². The third-order valence-corrected chi connectivity index (χ3v) is 0. The van der Waals surface area contributed by atoms with Gasteiger partial charge in [-0.3, -0.25) is 0 Å². The summed E-state index contributed by atoms with van der Waals surface area (Å²) in [7, 11) is 0. The number of hydrogen-bond donors (Lipinski definition) is 0. The van der Waals surface area contributed by atoms with E-state index >= 15 is 0 Å². The summed E-state index contributed by atoms with van der Waals surface area (Å²) in [6.45, 7) is 0. The molecule has 0 atom stereocenters. The van der Waals surface area contributed by atoms with Crippen LogP contribution in [0, 0.1) is 0 Å². The standard InChI is InChI=1S/Al.ClH.2Li.4H/h;1H;;;;;;/q-1;;2*+1;;;;/p-1. The fourth-order valence-corrected chi connectivity index (χ4v) is 0. The molecule has 0 rings (SSSR count). The van der Waals surface area contributed by atoms with Crippen molar-refractivity contribution in [1.29, 1.82) is 0 Å². The fraction of sp³-hybridized carbons (Fsp3) is 0. The molecule has 0 nitrogen and oxygen atoms in total. The topological polar surface area (TPSA) is 0 Å². The van der Waals surface area contributed by atoms with Gasteiger partial charge in [-0.2, -0.15) is 0 Å². The van der Waals surface area contributed by atoms with E-state index in [1.807, 2.05) is 0 Å². The van der Waals surface area contributed by atoms with E-state index in [0.29, 0.717) is 0 Å². The summed E-state index contributed by atoms with van der Waals surface area (Å²) in [4.78, 5) is 0. The smallest absolute Gasteiger partial charge is 1.00 e. The molecule has 0 N–H and O–H groups in total. The first-order valence-electron chi connectivity index (χ1n) is 0. The van der Waals surface area contributed by atoms with E-state index in [0.717, 1.165) is 0 Å². The minimum Gasteiger partial charge on any atom is -1.00 e. The Kier molecular flexibility index (Phi) is 185. The van der Waals surface area contributed by atoms with Gasteiger partial charge in [-0.25, -0.2) is 0 Å². The molecule has 0 amide bonds. The van der Waals surface area contributed by atoms with Gasteiger partial charge < -0.3 is 12.4 Å². The molecule has 0 aliphatic heterocycles. The Morgan fingerprint density at radius 2 is 0.750 bits per heavy atom. The number of halogens is 1. The van der Waals surface area contributed by atoms with Crippen molar-refractivity contribution in [3.8, 4) is 0 Å². The average Bonchev–Trinajstić information content (AvgIpc) is 0. The van der Waals surface area contributed by atoms with Crippen molar-refractivity contribution in [2.75, 3.05) is 0 Å². The summed E-state index contributed by atoms with van der Waals surface area (Å²) in [6.07, 6.45) is 0. The van der Waals surface area contributed by atoms with Crippen LogP contribution in [-0.4, -0.2) is 17.4 Å². The average molecular weight is 80.3 g/mol. The molecule has 0 radical (unpaired) electrons. The van der Waals surface area contributed by atoms with E-state index in [2.05, 4.69) is 0 Å². The van der Waals surface area contributed by atoms with E-state index in [-0.39, 0.29) is 67.5 Å². The minimum absolute atomic E-state index is 0. The number of rotatable bonds is 0. The first-order valence-corrected chi connectivity index (χ1v) is 0. The SMILES string of the molecule is [AlH4-].[Cl-].[Li+].[Li+]. The van der Waals surface area contributed by atoms with Crippen molar-refractivity contribution >= 4 is 17.4 Å². The van der Waals surface area contributed by atoms with Gasteiger partial charge in [-0.05, 0) is 0 Å². The Labute approximate surface area is 67.0 Å². The zero-order valence-corrected chi connectivity index (χ0v) is 3.13. The third kappa shape index (κ3) is 8.99. The maximum atomic E-state index is 0. The summed E-state index contributed by atoms with van der Waals surface area (Å²) < 4.78 is 0. The van der Waals surface area contributed by atoms with Gasteiger partial charge in [-0.15, -0.1) is 0 Å². The molecule has 0 aromatic carbocycles. The molecule has 0 aromatic heterocycles. The van der Waals surface area contributed by atoms with Crippen molar-refractivity contribution in [2.24, 2.45) is 0 Å². The second-order valence-electron chi connectivity index (χ2n) is 0. The molecule has 0 spiro atoms. The van der Waals surface area contributed by atoms with Crippen LogP contribution in [0.3, 0.4) is 0 Å². The minimum atomic E-state index is 0. The largest absolute Gasteiger partial charge is 1.00 e. The first-order chi connectivity index (χ1) is 0. The van der Waals surface area contributed by atoms with Gasteiger partial charge in [0.2, 0.25) is 0 Å². The molecule has 16 valence electrons. The Balaban J connectivity index is 0. The van der Waals surface area contributed by atoms with Crippen LogP contribution in [0.5, 0.6) is 0 Å². The van der Waals surface area contributed by atoms with Crippen LogP contribution in [0.25, 0.3) is 0 Å². The second kappa shape index (κ2) is 19.9. The molecule has 0 unspecified atom stereocenters. The van der Waals surface area contributed by atoms with Gasteiger partial charge in [0.1, 0.15) is 0 Å². The van der Waals surface area contributed by atoms with Crippen molar-refractivity contribution in [1.82, 2.24) is 0 Å². The van der Waals surface area contributed by atoms with Crippen molar-refractivity contribution < 1.29 is 50.1 Å². The maximum Gasteiger partial charge on any atom is 1.00 e. The molecule has 0 heterocycles. The van der Waals surface area contributed by atoms with Crippen molar-refractivity contribution in [3.05, 3.63) is 0 Å². The Bertz CT molecular complexity index is 6.00. The van der Waals surface area contributed by atoms with Gasteiger partial charge in [0, 0.05) is 17.4 Å². The fourth-order valence-electron chi connectivity index (χ4n) is 0. The molecule has 0 bridgehead atoms. The Hall–Kier alpha value is 2.02. The molecule has 4 heteroatoms. The molecule has 0 fully saturated rings. The molecular formula is H4AlClLi2. The summed E-state index contributed by atoms with van der Waals surface area (Å²) >= 11 is 0. The van der Waals surface area contributed by atoms with Crippen LogP contribution in [0.4, 0.5) is 0 Å². The second-order valence-corrected chi connectivity index (χ2v) is 0. The molecular weight excluding hydrogens is 76.3 g/mol. The normalized spacial score (nSPS) is 0. The van der Waals surface area contributed by atoms with Gasteiger partial charge >= 0.3 is 37.7 Å². The zero-order chi connectivity index (χ0) is 0. The molecule has 0 saturated heterocycles. The van der Waals surface area contributed by atoms with Crippen LogP contribution in [-0.2, 0) is 0 Å². The maximum absolute atomic E-state index is 0. The quantitative estimate of drug-likeness (QED) is 0.254. The van der Waals surface area contributed by atoms with E-state index < -0.39 is 0 Å². The molecule has 0 aliphatic rings. The van der Waals surface area contributed by atoms with Crippen molar-refractivity contribution in [2.45, 2.75) is 0 Å². The molecule has 0 saturated carbocycles. The summed E-state index contributed by atoms with van der Waals surface area (Å²) in [6, 6.07) is 0. The van der Waals surface area contributed by atoms with E-state index in [4.69, 9.17) is 0 Å². The van der Waals surface area contributed by atoms with Crippen molar-refractivity contribution in [3.63, 3.8) is 0 Å². The summed E-state index contributed by atoms with van der Waals surface area (Å²) in [5, 5.41) is 0. The van der Waals surface area contributed by atoms with Gasteiger partial charge in [-0.1, -0.05) is 0 Å². The Morgan fingerprint density at radius 1 is 0.750 bits per heavy atom. The predicted molar refractivity (Wildman–Crippen MR) is 11.3 cm³/mol. The van der Waals surface area contributed by atoms with Gasteiger partial charge in [0.05, 0.1) is 0 Å². The summed E-state index contributed by atoms with van der Waals surface area (Å²) in [5.74, 6) is 0. The van der Waals surface area contributed by atoms with Crippen LogP contribution in [0.2, 0.25) is 0 Å². The van der Waals surface area contributed by atoms with Gasteiger partial charge in [0.15, 0.2) is 0 Å². The molecule has 0 aliphatic carbocycles. The van der Waals surface area contributed by atoms with E-state index in [1.165, 1.54) is 0 Å². The van der Waals surface area contributed by atoms with Crippen LogP contribution >= 0.6 is 0 Å². The molecule has 0 aromatic rings. The Morgan fingerprint density at radius 3 is 0.750 bits per heavy atom. The van der Waals surface area contributed by atoms with E-state index in [1.54, 1.807) is 0 Å². The summed E-state index contributed by atoms with van der Waals surface area (Å²) in [5.41, 5.74) is 0. The van der Waals surface area contributed by atoms with E-state index in [9.17, 15) is 0 Å². The zero-order valence-electron chi connectivity index (χ0n) is 2.38. The first kappa shape index (κ1) is 37.2. The van der Waals surface area contributed by atoms with Gasteiger partial charge in [0.25, 0.3) is 0 Å². The van der Waals surface area contributed by atoms with Crippen LogP contribution in [0.1, 0.15) is 0 Å².